The molecule has 5 nitrogen and oxygen atoms in total. The highest BCUT2D eigenvalue weighted by atomic mass is 79.9. The molecule has 0 saturated carbocycles. The number of alkyl halides is 7. The molecule has 0 aliphatic rings. The molecule has 0 aliphatic heterocycles. The number of esters is 1. The molecule has 2 aromatic carbocycles. The number of methoxy groups -OCH3 is 1. The molecule has 0 spiro atoms. The Morgan fingerprint density at radius 3 is 1.58 bits per heavy atom. The number of benzene rings is 2. The van der Waals surface area contributed by atoms with Crippen LogP contribution in [0.25, 0.3) is 0 Å². The first-order valence-corrected chi connectivity index (χ1v) is 11.8. The topological polar surface area (TPSA) is 61.8 Å². The lowest BCUT2D eigenvalue weighted by molar-refractivity contribution is -0.276. The van der Waals surface area contributed by atoms with Crippen LogP contribution in [-0.2, 0) is 26.1 Å². The first kappa shape index (κ1) is 35.1. The zero-order valence-electron chi connectivity index (χ0n) is 20.6. The van der Waals surface area contributed by atoms with E-state index in [1.165, 1.54) is 26.2 Å². The first-order valence-electron chi connectivity index (χ1n) is 10.6. The van der Waals surface area contributed by atoms with E-state index in [4.69, 9.17) is 0 Å². The van der Waals surface area contributed by atoms with Gasteiger partial charge in [0.15, 0.2) is 23.1 Å². The minimum Gasteiger partial charge on any atom is -0.469 e. The summed E-state index contributed by atoms with van der Waals surface area (Å²) in [6.45, 7) is 4.83. The Kier molecular flexibility index (Phi) is 14.9. The van der Waals surface area contributed by atoms with Crippen LogP contribution in [0.2, 0.25) is 0 Å². The number of halogens is 9. The summed E-state index contributed by atoms with van der Waals surface area (Å²) in [6.07, 6.45) is -9.04. The van der Waals surface area contributed by atoms with Crippen LogP contribution in [0.3, 0.4) is 0 Å². The second kappa shape index (κ2) is 16.1. The van der Waals surface area contributed by atoms with E-state index in [-0.39, 0.29) is 24.1 Å². The molecule has 0 aliphatic carbocycles. The lowest BCUT2D eigenvalue weighted by Gasteiger charge is -2.12. The smallest absolute Gasteiger partial charge is 0.469 e. The maximum absolute atomic E-state index is 13.3. The van der Waals surface area contributed by atoms with Gasteiger partial charge in [-0.2, -0.15) is 0 Å². The van der Waals surface area contributed by atoms with Gasteiger partial charge in [0.1, 0.15) is 5.78 Å². The van der Waals surface area contributed by atoms with Crippen LogP contribution in [0.1, 0.15) is 38.3 Å². The fourth-order valence-corrected chi connectivity index (χ4v) is 2.70. The van der Waals surface area contributed by atoms with Crippen molar-refractivity contribution in [1.29, 1.82) is 0 Å². The van der Waals surface area contributed by atoms with E-state index in [9.17, 15) is 44.7 Å². The molecule has 0 fully saturated rings. The molecular formula is C24H25BrF8O5. The van der Waals surface area contributed by atoms with Crippen molar-refractivity contribution in [2.45, 2.75) is 51.7 Å². The third kappa shape index (κ3) is 15.4. The van der Waals surface area contributed by atoms with Gasteiger partial charge in [0.2, 0.25) is 0 Å². The predicted octanol–water partition coefficient (Wildman–Crippen LogP) is 7.68. The van der Waals surface area contributed by atoms with Crippen LogP contribution in [0.4, 0.5) is 35.1 Å². The molecule has 0 heterocycles. The summed E-state index contributed by atoms with van der Waals surface area (Å²) in [7, 11) is 1.38. The number of ether oxygens (including phenoxy) is 3. The molecule has 1 atom stereocenters. The number of Topliss-reactive ketones (excluding diaryl/α,β-unsaturated/α-hetero) is 1. The first-order chi connectivity index (χ1) is 17.4. The quantitative estimate of drug-likeness (QED) is 0.180. The van der Waals surface area contributed by atoms with E-state index in [1.54, 1.807) is 13.8 Å². The number of hydrogen-bond acceptors (Lipinski definition) is 5. The number of hydrogen-bond donors (Lipinski definition) is 0. The minimum absolute atomic E-state index is 0.0639. The Morgan fingerprint density at radius 2 is 1.29 bits per heavy atom. The van der Waals surface area contributed by atoms with Crippen molar-refractivity contribution in [3.63, 3.8) is 0 Å². The number of carbonyl (C=O) groups is 2. The van der Waals surface area contributed by atoms with Gasteiger partial charge < -0.3 is 14.2 Å². The van der Waals surface area contributed by atoms with Crippen molar-refractivity contribution < 1.29 is 58.9 Å². The summed E-state index contributed by atoms with van der Waals surface area (Å²) in [5.41, 5.74) is 0.988. The van der Waals surface area contributed by atoms with Gasteiger partial charge in [-0.1, -0.05) is 41.9 Å². The zero-order valence-corrected chi connectivity index (χ0v) is 22.2. The van der Waals surface area contributed by atoms with Gasteiger partial charge >= 0.3 is 18.7 Å². The summed E-state index contributed by atoms with van der Waals surface area (Å²) < 4.78 is 108. The van der Waals surface area contributed by atoms with Gasteiger partial charge in [-0.15, -0.1) is 26.3 Å². The van der Waals surface area contributed by atoms with Gasteiger partial charge in [-0.05, 0) is 48.7 Å². The molecule has 0 N–H and O–H groups in total. The van der Waals surface area contributed by atoms with E-state index < -0.39 is 35.9 Å². The van der Waals surface area contributed by atoms with E-state index in [2.05, 4.69) is 30.1 Å². The number of carbonyl (C=O) groups excluding carboxylic acids is 2. The molecule has 38 heavy (non-hydrogen) atoms. The average molecular weight is 625 g/mol. The van der Waals surface area contributed by atoms with Gasteiger partial charge in [0, 0.05) is 17.7 Å². The molecule has 1 unspecified atom stereocenters. The highest BCUT2D eigenvalue weighted by Crippen LogP contribution is 2.27. The van der Waals surface area contributed by atoms with Crippen molar-refractivity contribution in [3.8, 4) is 11.5 Å². The summed E-state index contributed by atoms with van der Waals surface area (Å²) in [4.78, 5) is 21.0. The molecule has 2 rings (SSSR count). The fourth-order valence-electron chi connectivity index (χ4n) is 2.36. The normalized spacial score (nSPS) is 11.7. The van der Waals surface area contributed by atoms with Crippen molar-refractivity contribution in [1.82, 2.24) is 0 Å². The predicted molar refractivity (Wildman–Crippen MR) is 125 cm³/mol. The summed E-state index contributed by atoms with van der Waals surface area (Å²) in [5, 5.41) is 0.371. The molecule has 0 bridgehead atoms. The van der Waals surface area contributed by atoms with Gasteiger partial charge in [-0.25, -0.2) is 8.78 Å². The molecule has 14 heteroatoms. The second-order valence-corrected chi connectivity index (χ2v) is 7.97. The lowest BCUT2D eigenvalue weighted by Crippen LogP contribution is -2.18. The minimum atomic E-state index is -4.92. The van der Waals surface area contributed by atoms with Gasteiger partial charge in [0.05, 0.1) is 7.11 Å². The van der Waals surface area contributed by atoms with E-state index in [0.717, 1.165) is 24.3 Å². The van der Waals surface area contributed by atoms with Gasteiger partial charge in [-0.3, -0.25) is 9.59 Å². The Labute approximate surface area is 222 Å². The molecular weight excluding hydrogens is 600 g/mol. The highest BCUT2D eigenvalue weighted by Gasteiger charge is 2.33. The van der Waals surface area contributed by atoms with E-state index in [1.807, 2.05) is 0 Å². The van der Waals surface area contributed by atoms with Crippen LogP contribution in [0.5, 0.6) is 11.5 Å². The Morgan fingerprint density at radius 1 is 0.868 bits per heavy atom. The molecule has 214 valence electrons. The van der Waals surface area contributed by atoms with Crippen molar-refractivity contribution in [2.24, 2.45) is 5.92 Å². The Bertz CT molecular complexity index is 1040. The summed E-state index contributed by atoms with van der Waals surface area (Å²) in [5.74, 6) is -4.34. The third-order valence-electron chi connectivity index (χ3n) is 4.35. The fraction of sp³-hybridized carbons (Fsp3) is 0.417. The van der Waals surface area contributed by atoms with E-state index >= 15 is 0 Å². The third-order valence-corrected chi connectivity index (χ3v) is 5.00. The van der Waals surface area contributed by atoms with Crippen molar-refractivity contribution >= 4 is 27.7 Å². The van der Waals surface area contributed by atoms with Gasteiger partial charge in [0.25, 0.3) is 0 Å². The number of rotatable bonds is 7. The lowest BCUT2D eigenvalue weighted by atomic mass is 9.98. The van der Waals surface area contributed by atoms with Crippen LogP contribution in [-0.4, -0.2) is 31.6 Å². The largest absolute Gasteiger partial charge is 0.573 e. The van der Waals surface area contributed by atoms with Crippen LogP contribution in [0.15, 0.2) is 36.4 Å². The van der Waals surface area contributed by atoms with Crippen molar-refractivity contribution in [2.75, 3.05) is 7.11 Å². The maximum Gasteiger partial charge on any atom is 0.573 e. The summed E-state index contributed by atoms with van der Waals surface area (Å²) >= 11 is 3.05. The zero-order chi connectivity index (χ0) is 29.7. The van der Waals surface area contributed by atoms with Crippen LogP contribution < -0.4 is 9.47 Å². The van der Waals surface area contributed by atoms with Crippen molar-refractivity contribution in [3.05, 3.63) is 59.2 Å². The Balaban J connectivity index is 0.000000607. The second-order valence-electron chi connectivity index (χ2n) is 7.40. The molecule has 0 aromatic heterocycles. The molecule has 0 saturated heterocycles. The van der Waals surface area contributed by atoms with Crippen LogP contribution in [0, 0.1) is 17.6 Å². The maximum atomic E-state index is 13.3. The average Bonchev–Trinajstić information content (AvgIpc) is 2.80. The SMILES string of the molecule is CC(=O)C(C)Cc1ccc(OC(F)(F)F)c(F)c1.CCC(=O)OC.Fc1cc(CBr)ccc1OC(F)(F)F. The highest BCUT2D eigenvalue weighted by molar-refractivity contribution is 9.08. The molecule has 0 amide bonds. The standard InChI is InChI=1S/C12H12F4O2.C8H5BrF4O.C4H8O2/c1-7(8(2)17)5-9-3-4-11(10(13)6-9)18-12(14,15)16;9-4-5-1-2-7(6(10)3-5)14-8(11,12)13;1-3-4(5)6-2/h3-4,6-7H,5H2,1-2H3;1-3H,4H2;3H2,1-2H3. The van der Waals surface area contributed by atoms with E-state index in [0.29, 0.717) is 22.9 Å². The Hall–Kier alpha value is -2.90. The number of ketones is 1. The van der Waals surface area contributed by atoms with Crippen LogP contribution >= 0.6 is 15.9 Å². The summed E-state index contributed by atoms with van der Waals surface area (Å²) in [6, 6.07) is 6.43. The monoisotopic (exact) mass is 624 g/mol. The molecule has 2 aromatic rings. The molecule has 0 radical (unpaired) electrons.